The molecule has 0 bridgehead atoms. The Hall–Kier alpha value is -0.740. The van der Waals surface area contributed by atoms with Crippen molar-refractivity contribution in [2.45, 2.75) is 24.7 Å². The number of rotatable bonds is 7. The molecule has 0 aromatic heterocycles. The van der Waals surface area contributed by atoms with Gasteiger partial charge in [-0.05, 0) is 24.6 Å². The van der Waals surface area contributed by atoms with Crippen molar-refractivity contribution in [2.24, 2.45) is 0 Å². The zero-order valence-corrected chi connectivity index (χ0v) is 10.4. The van der Waals surface area contributed by atoms with Crippen molar-refractivity contribution in [1.29, 1.82) is 0 Å². The van der Waals surface area contributed by atoms with Crippen LogP contribution in [0, 0.1) is 5.82 Å². The highest BCUT2D eigenvalue weighted by molar-refractivity contribution is 7.99. The van der Waals surface area contributed by atoms with Crippen LogP contribution < -0.4 is 5.73 Å². The van der Waals surface area contributed by atoms with E-state index in [-0.39, 0.29) is 5.82 Å². The SMILES string of the molecule is CCCCOCCSc1ccc(N)cc1F. The zero-order valence-electron chi connectivity index (χ0n) is 9.54. The van der Waals surface area contributed by atoms with Gasteiger partial charge >= 0.3 is 0 Å². The monoisotopic (exact) mass is 243 g/mol. The maximum Gasteiger partial charge on any atom is 0.138 e. The molecule has 0 radical (unpaired) electrons. The molecular formula is C12H18FNOS. The number of benzene rings is 1. The van der Waals surface area contributed by atoms with Crippen LogP contribution in [0.3, 0.4) is 0 Å². The minimum Gasteiger partial charge on any atom is -0.399 e. The predicted octanol–water partition coefficient (Wildman–Crippen LogP) is 3.32. The van der Waals surface area contributed by atoms with E-state index in [1.54, 1.807) is 12.1 Å². The highest BCUT2D eigenvalue weighted by Crippen LogP contribution is 2.23. The van der Waals surface area contributed by atoms with Crippen molar-refractivity contribution in [3.05, 3.63) is 24.0 Å². The zero-order chi connectivity index (χ0) is 11.8. The van der Waals surface area contributed by atoms with Gasteiger partial charge in [-0.1, -0.05) is 13.3 Å². The van der Waals surface area contributed by atoms with Gasteiger partial charge in [0.05, 0.1) is 6.61 Å². The van der Waals surface area contributed by atoms with Crippen LogP contribution in [0.15, 0.2) is 23.1 Å². The molecular weight excluding hydrogens is 225 g/mol. The highest BCUT2D eigenvalue weighted by Gasteiger charge is 2.02. The summed E-state index contributed by atoms with van der Waals surface area (Å²) >= 11 is 1.46. The quantitative estimate of drug-likeness (QED) is 0.453. The molecule has 2 nitrogen and oxygen atoms in total. The topological polar surface area (TPSA) is 35.2 Å². The highest BCUT2D eigenvalue weighted by atomic mass is 32.2. The van der Waals surface area contributed by atoms with Gasteiger partial charge in [-0.25, -0.2) is 4.39 Å². The molecule has 0 aliphatic rings. The normalized spacial score (nSPS) is 10.6. The van der Waals surface area contributed by atoms with E-state index in [0.29, 0.717) is 17.2 Å². The molecule has 4 heteroatoms. The molecule has 0 fully saturated rings. The maximum atomic E-state index is 13.3. The lowest BCUT2D eigenvalue weighted by Gasteiger charge is -2.05. The smallest absolute Gasteiger partial charge is 0.138 e. The van der Waals surface area contributed by atoms with Crippen LogP contribution in [0.4, 0.5) is 10.1 Å². The Bertz CT molecular complexity index is 320. The number of thioether (sulfide) groups is 1. The Morgan fingerprint density at radius 1 is 1.38 bits per heavy atom. The Balaban J connectivity index is 2.21. The van der Waals surface area contributed by atoms with E-state index < -0.39 is 0 Å². The first kappa shape index (κ1) is 13.3. The molecule has 1 aromatic carbocycles. The number of halogens is 1. The van der Waals surface area contributed by atoms with Gasteiger partial charge in [0.2, 0.25) is 0 Å². The first-order chi connectivity index (χ1) is 7.74. The number of unbranched alkanes of at least 4 members (excludes halogenated alkanes) is 1. The summed E-state index contributed by atoms with van der Waals surface area (Å²) in [4.78, 5) is 0.633. The summed E-state index contributed by atoms with van der Waals surface area (Å²) in [7, 11) is 0. The van der Waals surface area contributed by atoms with Crippen LogP contribution in [-0.2, 0) is 4.74 Å². The van der Waals surface area contributed by atoms with Crippen molar-refractivity contribution in [3.63, 3.8) is 0 Å². The second kappa shape index (κ2) is 7.52. The number of ether oxygens (including phenoxy) is 1. The molecule has 0 spiro atoms. The van der Waals surface area contributed by atoms with E-state index in [0.717, 1.165) is 25.2 Å². The molecule has 0 unspecified atom stereocenters. The standard InChI is InChI=1S/C12H18FNOS/c1-2-3-6-15-7-8-16-12-5-4-10(14)9-11(12)13/h4-5,9H,2-3,6-8,14H2,1H3. The third-order valence-corrected chi connectivity index (χ3v) is 3.10. The molecule has 0 heterocycles. The lowest BCUT2D eigenvalue weighted by molar-refractivity contribution is 0.147. The Morgan fingerprint density at radius 3 is 2.88 bits per heavy atom. The van der Waals surface area contributed by atoms with Gasteiger partial charge in [-0.3, -0.25) is 0 Å². The Labute approximate surface area is 100 Å². The summed E-state index contributed by atoms with van der Waals surface area (Å²) in [6, 6.07) is 4.77. The van der Waals surface area contributed by atoms with E-state index in [9.17, 15) is 4.39 Å². The summed E-state index contributed by atoms with van der Waals surface area (Å²) in [5, 5.41) is 0. The molecule has 1 aromatic rings. The van der Waals surface area contributed by atoms with Gasteiger partial charge in [0, 0.05) is 22.9 Å². The van der Waals surface area contributed by atoms with Crippen LogP contribution in [0.1, 0.15) is 19.8 Å². The molecule has 0 saturated carbocycles. The largest absolute Gasteiger partial charge is 0.399 e. The lowest BCUT2D eigenvalue weighted by Crippen LogP contribution is -1.99. The van der Waals surface area contributed by atoms with Crippen molar-refractivity contribution in [2.75, 3.05) is 24.7 Å². The first-order valence-electron chi connectivity index (χ1n) is 5.49. The van der Waals surface area contributed by atoms with Crippen LogP contribution in [0.5, 0.6) is 0 Å². The number of nitrogen functional groups attached to an aromatic ring is 1. The molecule has 0 amide bonds. The summed E-state index contributed by atoms with van der Waals surface area (Å²) in [5.41, 5.74) is 5.92. The van der Waals surface area contributed by atoms with Gasteiger partial charge in [0.15, 0.2) is 0 Å². The fraction of sp³-hybridized carbons (Fsp3) is 0.500. The molecule has 16 heavy (non-hydrogen) atoms. The summed E-state index contributed by atoms with van der Waals surface area (Å²) in [5.74, 6) is 0.517. The average molecular weight is 243 g/mol. The molecule has 90 valence electrons. The second-order valence-electron chi connectivity index (χ2n) is 3.50. The maximum absolute atomic E-state index is 13.3. The number of hydrogen-bond acceptors (Lipinski definition) is 3. The van der Waals surface area contributed by atoms with E-state index >= 15 is 0 Å². The molecule has 1 rings (SSSR count). The fourth-order valence-electron chi connectivity index (χ4n) is 1.19. The molecule has 0 aliphatic carbocycles. The number of nitrogens with two attached hydrogens (primary N) is 1. The summed E-state index contributed by atoms with van der Waals surface area (Å²) < 4.78 is 18.7. The van der Waals surface area contributed by atoms with Crippen molar-refractivity contribution in [3.8, 4) is 0 Å². The first-order valence-corrected chi connectivity index (χ1v) is 6.48. The van der Waals surface area contributed by atoms with Crippen molar-refractivity contribution in [1.82, 2.24) is 0 Å². The van der Waals surface area contributed by atoms with Crippen molar-refractivity contribution >= 4 is 17.4 Å². The van der Waals surface area contributed by atoms with E-state index in [4.69, 9.17) is 10.5 Å². The van der Waals surface area contributed by atoms with Gasteiger partial charge in [0.25, 0.3) is 0 Å². The molecule has 0 aliphatic heterocycles. The van der Waals surface area contributed by atoms with Gasteiger partial charge in [-0.15, -0.1) is 11.8 Å². The van der Waals surface area contributed by atoms with Gasteiger partial charge in [-0.2, -0.15) is 0 Å². The average Bonchev–Trinajstić information content (AvgIpc) is 2.26. The van der Waals surface area contributed by atoms with E-state index in [1.807, 2.05) is 0 Å². The van der Waals surface area contributed by atoms with Crippen LogP contribution in [0.2, 0.25) is 0 Å². The van der Waals surface area contributed by atoms with E-state index in [2.05, 4.69) is 6.92 Å². The summed E-state index contributed by atoms with van der Waals surface area (Å²) in [6.07, 6.45) is 2.22. The second-order valence-corrected chi connectivity index (χ2v) is 4.64. The third-order valence-electron chi connectivity index (χ3n) is 2.08. The van der Waals surface area contributed by atoms with E-state index in [1.165, 1.54) is 17.8 Å². The lowest BCUT2D eigenvalue weighted by atomic mass is 10.3. The molecule has 0 atom stereocenters. The van der Waals surface area contributed by atoms with Crippen LogP contribution in [-0.4, -0.2) is 19.0 Å². The Morgan fingerprint density at radius 2 is 2.19 bits per heavy atom. The predicted molar refractivity (Wildman–Crippen MR) is 67.3 cm³/mol. The summed E-state index contributed by atoms with van der Waals surface area (Å²) in [6.45, 7) is 3.58. The van der Waals surface area contributed by atoms with Crippen LogP contribution >= 0.6 is 11.8 Å². The molecule has 0 saturated heterocycles. The van der Waals surface area contributed by atoms with Gasteiger partial charge in [0.1, 0.15) is 5.82 Å². The van der Waals surface area contributed by atoms with Crippen LogP contribution in [0.25, 0.3) is 0 Å². The Kier molecular flexibility index (Phi) is 6.26. The minimum atomic E-state index is -0.251. The fourth-order valence-corrected chi connectivity index (χ4v) is 1.98. The number of hydrogen-bond donors (Lipinski definition) is 1. The minimum absolute atomic E-state index is 0.251. The number of anilines is 1. The third kappa shape index (κ3) is 4.86. The van der Waals surface area contributed by atoms with Gasteiger partial charge < -0.3 is 10.5 Å². The molecule has 2 N–H and O–H groups in total. The van der Waals surface area contributed by atoms with Crippen molar-refractivity contribution < 1.29 is 9.13 Å².